The van der Waals surface area contributed by atoms with Gasteiger partial charge in [-0.05, 0) is 32.9 Å². The molecule has 0 radical (unpaired) electrons. The molecule has 0 N–H and O–H groups in total. The number of hydrogen-bond acceptors (Lipinski definition) is 4. The molecule has 0 aliphatic rings. The van der Waals surface area contributed by atoms with Crippen molar-refractivity contribution in [1.29, 1.82) is 5.26 Å². The summed E-state index contributed by atoms with van der Waals surface area (Å²) in [7, 11) is 1.69. The van der Waals surface area contributed by atoms with Crippen molar-refractivity contribution in [3.63, 3.8) is 0 Å². The largest absolute Gasteiger partial charge is 0.490 e. The quantitative estimate of drug-likeness (QED) is 0.758. The predicted molar refractivity (Wildman–Crippen MR) is 73.5 cm³/mol. The summed E-state index contributed by atoms with van der Waals surface area (Å²) < 4.78 is 16.5. The normalized spacial score (nSPS) is 10.9. The van der Waals surface area contributed by atoms with Crippen molar-refractivity contribution in [3.05, 3.63) is 23.8 Å². The van der Waals surface area contributed by atoms with Gasteiger partial charge in [0.2, 0.25) is 0 Å². The van der Waals surface area contributed by atoms with Crippen LogP contribution in [0.4, 0.5) is 0 Å². The molecule has 1 rings (SSSR count). The second-order valence-electron chi connectivity index (χ2n) is 4.77. The Bertz CT molecular complexity index is 449. The second kappa shape index (κ2) is 7.01. The molecule has 0 fully saturated rings. The molecule has 0 heterocycles. The van der Waals surface area contributed by atoms with Gasteiger partial charge in [-0.2, -0.15) is 5.26 Å². The molecule has 0 amide bonds. The van der Waals surface area contributed by atoms with E-state index < -0.39 is 0 Å². The van der Waals surface area contributed by atoms with Gasteiger partial charge in [0.05, 0.1) is 30.4 Å². The first kappa shape index (κ1) is 15.3. The average Bonchev–Trinajstić information content (AvgIpc) is 2.40. The van der Waals surface area contributed by atoms with Gasteiger partial charge in [-0.3, -0.25) is 0 Å². The first-order chi connectivity index (χ1) is 9.02. The molecule has 0 unspecified atom stereocenters. The third kappa shape index (κ3) is 4.80. The Balaban J connectivity index is 2.70. The van der Waals surface area contributed by atoms with Gasteiger partial charge in [-0.1, -0.05) is 0 Å². The lowest BCUT2D eigenvalue weighted by atomic mass is 10.1. The van der Waals surface area contributed by atoms with E-state index >= 15 is 0 Å². The monoisotopic (exact) mass is 263 g/mol. The van der Waals surface area contributed by atoms with E-state index in [9.17, 15) is 0 Å². The summed E-state index contributed by atoms with van der Waals surface area (Å²) in [6, 6.07) is 7.27. The van der Waals surface area contributed by atoms with Crippen molar-refractivity contribution in [2.45, 2.75) is 32.8 Å². The van der Waals surface area contributed by atoms with Crippen LogP contribution in [0, 0.1) is 11.3 Å². The molecule has 0 spiro atoms. The topological polar surface area (TPSA) is 51.5 Å². The van der Waals surface area contributed by atoms with Gasteiger partial charge < -0.3 is 14.2 Å². The van der Waals surface area contributed by atoms with Gasteiger partial charge in [-0.15, -0.1) is 0 Å². The van der Waals surface area contributed by atoms with Crippen LogP contribution in [0.2, 0.25) is 0 Å². The van der Waals surface area contributed by atoms with E-state index in [1.807, 2.05) is 20.8 Å². The molecule has 1 aromatic rings. The summed E-state index contributed by atoms with van der Waals surface area (Å²) in [6.07, 6.45) is 0.773. The van der Waals surface area contributed by atoms with E-state index in [2.05, 4.69) is 6.07 Å². The molecule has 4 nitrogen and oxygen atoms in total. The van der Waals surface area contributed by atoms with E-state index in [4.69, 9.17) is 19.5 Å². The zero-order valence-electron chi connectivity index (χ0n) is 12.0. The van der Waals surface area contributed by atoms with Gasteiger partial charge in [0.25, 0.3) is 0 Å². The van der Waals surface area contributed by atoms with Gasteiger partial charge in [0.1, 0.15) is 0 Å². The van der Waals surface area contributed by atoms with Crippen LogP contribution in [-0.4, -0.2) is 25.9 Å². The van der Waals surface area contributed by atoms with Crippen LogP contribution >= 0.6 is 0 Å². The van der Waals surface area contributed by atoms with E-state index in [1.165, 1.54) is 0 Å². The molecule has 104 valence electrons. The Morgan fingerprint density at radius 1 is 1.21 bits per heavy atom. The Kier molecular flexibility index (Phi) is 5.65. The van der Waals surface area contributed by atoms with Gasteiger partial charge >= 0.3 is 0 Å². The van der Waals surface area contributed by atoms with Crippen molar-refractivity contribution in [3.8, 4) is 17.6 Å². The van der Waals surface area contributed by atoms with E-state index in [0.29, 0.717) is 30.3 Å². The Morgan fingerprint density at radius 3 is 2.53 bits per heavy atom. The minimum absolute atomic E-state index is 0.210. The lowest BCUT2D eigenvalue weighted by Crippen LogP contribution is -2.25. The predicted octanol–water partition coefficient (Wildman–Crippen LogP) is 3.15. The molecule has 0 saturated carbocycles. The Labute approximate surface area is 114 Å². The van der Waals surface area contributed by atoms with Gasteiger partial charge in [-0.25, -0.2) is 0 Å². The fraction of sp³-hybridized carbons (Fsp3) is 0.533. The highest BCUT2D eigenvalue weighted by molar-refractivity contribution is 5.46. The van der Waals surface area contributed by atoms with Crippen molar-refractivity contribution >= 4 is 0 Å². The number of hydrogen-bond donors (Lipinski definition) is 0. The van der Waals surface area contributed by atoms with E-state index in [1.54, 1.807) is 25.3 Å². The van der Waals surface area contributed by atoms with Crippen LogP contribution in [0.15, 0.2) is 18.2 Å². The SMILES string of the molecule is CCOc1cc(C#N)ccc1OCCC(C)(C)OC. The molecule has 0 bridgehead atoms. The van der Waals surface area contributed by atoms with Gasteiger partial charge in [0, 0.05) is 19.6 Å². The maximum Gasteiger partial charge on any atom is 0.162 e. The molecule has 0 aromatic heterocycles. The van der Waals surface area contributed by atoms with Crippen molar-refractivity contribution < 1.29 is 14.2 Å². The van der Waals surface area contributed by atoms with Gasteiger partial charge in [0.15, 0.2) is 11.5 Å². The zero-order valence-corrected chi connectivity index (χ0v) is 12.0. The van der Waals surface area contributed by atoms with Crippen molar-refractivity contribution in [2.24, 2.45) is 0 Å². The summed E-state index contributed by atoms with van der Waals surface area (Å²) in [5.41, 5.74) is 0.353. The second-order valence-corrected chi connectivity index (χ2v) is 4.77. The van der Waals surface area contributed by atoms with Crippen LogP contribution in [0.5, 0.6) is 11.5 Å². The van der Waals surface area contributed by atoms with Crippen molar-refractivity contribution in [1.82, 2.24) is 0 Å². The molecule has 1 aromatic carbocycles. The number of methoxy groups -OCH3 is 1. The molecular weight excluding hydrogens is 242 g/mol. The number of nitriles is 1. The number of nitrogens with zero attached hydrogens (tertiary/aromatic N) is 1. The van der Waals surface area contributed by atoms with Crippen LogP contribution in [0.1, 0.15) is 32.8 Å². The first-order valence-corrected chi connectivity index (χ1v) is 6.37. The highest BCUT2D eigenvalue weighted by Crippen LogP contribution is 2.29. The van der Waals surface area contributed by atoms with E-state index in [-0.39, 0.29) is 5.60 Å². The summed E-state index contributed by atoms with van der Waals surface area (Å²) in [5.74, 6) is 1.27. The molecule has 4 heteroatoms. The Morgan fingerprint density at radius 2 is 1.95 bits per heavy atom. The maximum absolute atomic E-state index is 8.87. The number of ether oxygens (including phenoxy) is 3. The Hall–Kier alpha value is -1.73. The van der Waals surface area contributed by atoms with Crippen LogP contribution in [-0.2, 0) is 4.74 Å². The summed E-state index contributed by atoms with van der Waals surface area (Å²) in [4.78, 5) is 0. The lowest BCUT2D eigenvalue weighted by molar-refractivity contribution is 0.00521. The van der Waals surface area contributed by atoms with E-state index in [0.717, 1.165) is 6.42 Å². The fourth-order valence-corrected chi connectivity index (χ4v) is 1.47. The minimum atomic E-state index is -0.210. The minimum Gasteiger partial charge on any atom is -0.490 e. The third-order valence-electron chi connectivity index (χ3n) is 2.89. The summed E-state index contributed by atoms with van der Waals surface area (Å²) in [5, 5.41) is 8.87. The maximum atomic E-state index is 8.87. The molecule has 0 saturated heterocycles. The van der Waals surface area contributed by atoms with Crippen LogP contribution < -0.4 is 9.47 Å². The molecule has 0 aliphatic heterocycles. The zero-order chi connectivity index (χ0) is 14.3. The summed E-state index contributed by atoms with van der Waals surface area (Å²) >= 11 is 0. The molecular formula is C15H21NO3. The third-order valence-corrected chi connectivity index (χ3v) is 2.89. The van der Waals surface area contributed by atoms with Crippen LogP contribution in [0.25, 0.3) is 0 Å². The highest BCUT2D eigenvalue weighted by atomic mass is 16.5. The average molecular weight is 263 g/mol. The number of rotatable bonds is 7. The standard InChI is InChI=1S/C15H21NO3/c1-5-18-14-10-12(11-16)6-7-13(14)19-9-8-15(2,3)17-4/h6-7,10H,5,8-9H2,1-4H3. The first-order valence-electron chi connectivity index (χ1n) is 6.37. The lowest BCUT2D eigenvalue weighted by Gasteiger charge is -2.23. The fourth-order valence-electron chi connectivity index (χ4n) is 1.47. The van der Waals surface area contributed by atoms with Crippen LogP contribution in [0.3, 0.4) is 0 Å². The van der Waals surface area contributed by atoms with Crippen molar-refractivity contribution in [2.75, 3.05) is 20.3 Å². The smallest absolute Gasteiger partial charge is 0.162 e. The molecule has 19 heavy (non-hydrogen) atoms. The molecule has 0 aliphatic carbocycles. The highest BCUT2D eigenvalue weighted by Gasteiger charge is 2.16. The number of benzene rings is 1. The molecule has 0 atom stereocenters. The summed E-state index contributed by atoms with van der Waals surface area (Å²) in [6.45, 7) is 7.00.